The number of rotatable bonds is 4. The number of pyridine rings is 1. The summed E-state index contributed by atoms with van der Waals surface area (Å²) in [6, 6.07) is 18.3. The van der Waals surface area contributed by atoms with Crippen LogP contribution in [0.4, 0.5) is 22.0 Å². The van der Waals surface area contributed by atoms with Crippen molar-refractivity contribution in [1.29, 1.82) is 0 Å². The molecule has 5 rings (SSSR count). The summed E-state index contributed by atoms with van der Waals surface area (Å²) >= 11 is 1.68. The predicted molar refractivity (Wildman–Crippen MR) is 121 cm³/mol. The maximum Gasteiger partial charge on any atom is 0.323 e. The summed E-state index contributed by atoms with van der Waals surface area (Å²) in [6.45, 7) is 1.14. The third-order valence-electron chi connectivity index (χ3n) is 5.98. The number of piperidine rings is 1. The lowest BCUT2D eigenvalue weighted by atomic mass is 10.1. The fraction of sp³-hybridized carbons (Fsp3) is 0.304. The van der Waals surface area contributed by atoms with E-state index in [-0.39, 0.29) is 6.03 Å². The van der Waals surface area contributed by atoms with Gasteiger partial charge in [0.15, 0.2) is 0 Å². The molecule has 2 aliphatic rings. The smallest absolute Gasteiger partial charge is 0.323 e. The van der Waals surface area contributed by atoms with Crippen LogP contribution < -0.4 is 15.5 Å². The van der Waals surface area contributed by atoms with Gasteiger partial charge >= 0.3 is 6.03 Å². The molecule has 2 amide bonds. The molecule has 3 aromatic rings. The van der Waals surface area contributed by atoms with Crippen LogP contribution >= 0.6 is 11.8 Å². The van der Waals surface area contributed by atoms with Gasteiger partial charge in [-0.2, -0.15) is 0 Å². The van der Waals surface area contributed by atoms with Gasteiger partial charge in [0.05, 0.1) is 5.52 Å². The molecule has 0 spiro atoms. The average molecular weight is 405 g/mol. The van der Waals surface area contributed by atoms with Crippen LogP contribution in [0, 0.1) is 5.92 Å². The molecular weight excluding hydrogens is 380 g/mol. The van der Waals surface area contributed by atoms with Crippen LogP contribution in [0.15, 0.2) is 59.5 Å². The number of fused-ring (bicyclic) bond motifs is 3. The summed E-state index contributed by atoms with van der Waals surface area (Å²) in [5.41, 5.74) is 2.49. The monoisotopic (exact) mass is 404 g/mol. The van der Waals surface area contributed by atoms with E-state index in [0.717, 1.165) is 40.6 Å². The largest absolute Gasteiger partial charge is 0.353 e. The molecule has 2 unspecified atom stereocenters. The minimum Gasteiger partial charge on any atom is -0.353 e. The van der Waals surface area contributed by atoms with E-state index in [1.807, 2.05) is 48.7 Å². The number of benzene rings is 2. The topological polar surface area (TPSA) is 57.3 Å². The number of carbonyl (C=O) groups excluding carboxylic acids is 1. The maximum atomic E-state index is 12.3. The Morgan fingerprint density at radius 1 is 1.03 bits per heavy atom. The van der Waals surface area contributed by atoms with Crippen LogP contribution in [-0.4, -0.2) is 29.9 Å². The first-order chi connectivity index (χ1) is 14.2. The zero-order valence-electron chi connectivity index (χ0n) is 16.4. The van der Waals surface area contributed by atoms with Gasteiger partial charge < -0.3 is 15.5 Å². The van der Waals surface area contributed by atoms with E-state index >= 15 is 0 Å². The Kier molecular flexibility index (Phi) is 4.79. The molecule has 0 radical (unpaired) electrons. The van der Waals surface area contributed by atoms with E-state index in [4.69, 9.17) is 4.98 Å². The zero-order chi connectivity index (χ0) is 19.8. The maximum absolute atomic E-state index is 12.3. The second-order valence-electron chi connectivity index (χ2n) is 7.87. The second kappa shape index (κ2) is 7.59. The van der Waals surface area contributed by atoms with Gasteiger partial charge in [0.1, 0.15) is 5.82 Å². The van der Waals surface area contributed by atoms with Crippen molar-refractivity contribution in [2.75, 3.05) is 28.3 Å². The van der Waals surface area contributed by atoms with Crippen molar-refractivity contribution in [3.63, 3.8) is 0 Å². The summed E-state index contributed by atoms with van der Waals surface area (Å²) in [4.78, 5) is 20.8. The molecule has 1 aliphatic carbocycles. The molecular formula is C23H24N4OS. The van der Waals surface area contributed by atoms with Crippen molar-refractivity contribution in [2.45, 2.75) is 30.2 Å². The number of aromatic nitrogens is 1. The van der Waals surface area contributed by atoms with Crippen molar-refractivity contribution in [2.24, 2.45) is 5.92 Å². The third-order valence-corrected chi connectivity index (χ3v) is 6.73. The predicted octanol–water partition coefficient (Wildman–Crippen LogP) is 5.59. The molecule has 5 nitrogen and oxygen atoms in total. The van der Waals surface area contributed by atoms with Gasteiger partial charge in [-0.3, -0.25) is 0 Å². The van der Waals surface area contributed by atoms with Crippen LogP contribution in [0.5, 0.6) is 0 Å². The Morgan fingerprint density at radius 3 is 2.55 bits per heavy atom. The quantitative estimate of drug-likeness (QED) is 0.557. The Labute approximate surface area is 174 Å². The van der Waals surface area contributed by atoms with Crippen LogP contribution in [0.3, 0.4) is 0 Å². The SMILES string of the molecule is CSc1ccc(NC(=O)Nc2ccc3nc(N4CC5CCC4C5)ccc3c2)cc1. The number of anilines is 3. The Bertz CT molecular complexity index is 1050. The van der Waals surface area contributed by atoms with E-state index in [1.165, 1.54) is 24.2 Å². The van der Waals surface area contributed by atoms with Gasteiger partial charge in [-0.15, -0.1) is 11.8 Å². The standard InChI is InChI=1S/C23H24N4OS/c1-29-20-8-4-17(5-9-20)24-23(28)25-18-6-10-21-16(13-18)3-11-22(26-21)27-14-15-2-7-19(27)12-15/h3-6,8-11,13,15,19H,2,7,12,14H2,1H3,(H2,24,25,28). The fourth-order valence-corrected chi connectivity index (χ4v) is 4.93. The third kappa shape index (κ3) is 3.77. The van der Waals surface area contributed by atoms with E-state index in [1.54, 1.807) is 11.8 Å². The van der Waals surface area contributed by atoms with Gasteiger partial charge in [-0.25, -0.2) is 9.78 Å². The van der Waals surface area contributed by atoms with Crippen LogP contribution in [-0.2, 0) is 0 Å². The highest BCUT2D eigenvalue weighted by molar-refractivity contribution is 7.98. The van der Waals surface area contributed by atoms with Crippen molar-refractivity contribution in [1.82, 2.24) is 4.98 Å². The molecule has 1 aliphatic heterocycles. The first-order valence-electron chi connectivity index (χ1n) is 10.1. The number of nitrogens with zero attached hydrogens (tertiary/aromatic N) is 2. The number of thioether (sulfide) groups is 1. The lowest BCUT2D eigenvalue weighted by Gasteiger charge is -2.28. The van der Waals surface area contributed by atoms with Crippen molar-refractivity contribution in [3.05, 3.63) is 54.6 Å². The van der Waals surface area contributed by atoms with Crippen molar-refractivity contribution < 1.29 is 4.79 Å². The molecule has 1 saturated carbocycles. The minimum atomic E-state index is -0.251. The molecule has 1 saturated heterocycles. The van der Waals surface area contributed by atoms with E-state index in [0.29, 0.717) is 6.04 Å². The number of amides is 2. The van der Waals surface area contributed by atoms with Crippen LogP contribution in [0.25, 0.3) is 10.9 Å². The average Bonchev–Trinajstić information content (AvgIpc) is 3.37. The number of hydrogen-bond donors (Lipinski definition) is 2. The number of urea groups is 1. The van der Waals surface area contributed by atoms with Gasteiger partial charge in [-0.1, -0.05) is 0 Å². The van der Waals surface area contributed by atoms with Gasteiger partial charge in [-0.05, 0) is 86.0 Å². The van der Waals surface area contributed by atoms with Crippen molar-refractivity contribution in [3.8, 4) is 0 Å². The Balaban J connectivity index is 1.28. The fourth-order valence-electron chi connectivity index (χ4n) is 4.53. The van der Waals surface area contributed by atoms with Gasteiger partial charge in [0.25, 0.3) is 0 Å². The highest BCUT2D eigenvalue weighted by Crippen LogP contribution is 2.39. The summed E-state index contributed by atoms with van der Waals surface area (Å²) < 4.78 is 0. The Hall–Kier alpha value is -2.73. The van der Waals surface area contributed by atoms with E-state index < -0.39 is 0 Å². The summed E-state index contributed by atoms with van der Waals surface area (Å²) in [5, 5.41) is 6.81. The minimum absolute atomic E-state index is 0.251. The highest BCUT2D eigenvalue weighted by Gasteiger charge is 2.38. The first-order valence-corrected chi connectivity index (χ1v) is 11.3. The summed E-state index contributed by atoms with van der Waals surface area (Å²) in [5.74, 6) is 1.93. The van der Waals surface area contributed by atoms with E-state index in [9.17, 15) is 4.79 Å². The Morgan fingerprint density at radius 2 is 1.83 bits per heavy atom. The lowest BCUT2D eigenvalue weighted by molar-refractivity contribution is 0.262. The van der Waals surface area contributed by atoms with Crippen LogP contribution in [0.1, 0.15) is 19.3 Å². The normalized spacial score (nSPS) is 20.2. The number of carbonyl (C=O) groups is 1. The number of hydrogen-bond acceptors (Lipinski definition) is 4. The van der Waals surface area contributed by atoms with E-state index in [2.05, 4.69) is 27.7 Å². The first kappa shape index (κ1) is 18.3. The van der Waals surface area contributed by atoms with Gasteiger partial charge in [0, 0.05) is 34.2 Å². The molecule has 2 atom stereocenters. The molecule has 2 N–H and O–H groups in total. The van der Waals surface area contributed by atoms with Crippen LogP contribution in [0.2, 0.25) is 0 Å². The molecule has 2 bridgehead atoms. The highest BCUT2D eigenvalue weighted by atomic mass is 32.2. The molecule has 29 heavy (non-hydrogen) atoms. The van der Waals surface area contributed by atoms with Gasteiger partial charge in [0.2, 0.25) is 0 Å². The molecule has 6 heteroatoms. The summed E-state index contributed by atoms with van der Waals surface area (Å²) in [7, 11) is 0. The molecule has 1 aromatic heterocycles. The van der Waals surface area contributed by atoms with Crippen molar-refractivity contribution >= 4 is 45.9 Å². The number of nitrogens with one attached hydrogen (secondary N) is 2. The molecule has 148 valence electrons. The molecule has 2 heterocycles. The lowest BCUT2D eigenvalue weighted by Crippen LogP contribution is -2.32. The second-order valence-corrected chi connectivity index (χ2v) is 8.75. The zero-order valence-corrected chi connectivity index (χ0v) is 17.2. The summed E-state index contributed by atoms with van der Waals surface area (Å²) in [6.07, 6.45) is 6.01. The molecule has 2 aromatic carbocycles. The molecule has 2 fully saturated rings.